The third-order valence-corrected chi connectivity index (χ3v) is 3.38. The van der Waals surface area contributed by atoms with E-state index in [2.05, 4.69) is 62.2 Å². The van der Waals surface area contributed by atoms with Crippen LogP contribution in [0.5, 0.6) is 0 Å². The quantitative estimate of drug-likeness (QED) is 0.576. The molecule has 0 fully saturated rings. The van der Waals surface area contributed by atoms with Crippen LogP contribution in [0.3, 0.4) is 0 Å². The topological polar surface area (TPSA) is 24.7 Å². The zero-order chi connectivity index (χ0) is 14.5. The minimum absolute atomic E-state index is 0.450. The lowest BCUT2D eigenvalue weighted by atomic mass is 10.0. The fourth-order valence-electron chi connectivity index (χ4n) is 2.24. The molecular weight excluding hydrogens is 244 g/mol. The summed E-state index contributed by atoms with van der Waals surface area (Å²) in [6.07, 6.45) is 0. The Kier molecular flexibility index (Phi) is 4.67. The van der Waals surface area contributed by atoms with Crippen molar-refractivity contribution in [2.75, 3.05) is 0 Å². The van der Waals surface area contributed by atoms with Crippen LogP contribution in [-0.4, -0.2) is 0 Å². The Hall–Kier alpha value is -1.96. The molecule has 2 aromatic carbocycles. The Morgan fingerprint density at radius 2 is 0.950 bits per heavy atom. The summed E-state index contributed by atoms with van der Waals surface area (Å²) in [4.78, 5) is 0. The van der Waals surface area contributed by atoms with Gasteiger partial charge in [-0.3, -0.25) is 0 Å². The molecule has 0 saturated carbocycles. The van der Waals surface area contributed by atoms with E-state index in [4.69, 9.17) is 0 Å². The van der Waals surface area contributed by atoms with Crippen LogP contribution in [0.4, 0.5) is 11.4 Å². The number of benzene rings is 2. The van der Waals surface area contributed by atoms with E-state index in [0.717, 1.165) is 11.4 Å². The molecule has 2 aromatic rings. The van der Waals surface area contributed by atoms with Crippen LogP contribution in [0.15, 0.2) is 58.8 Å². The summed E-state index contributed by atoms with van der Waals surface area (Å²) < 4.78 is 0. The van der Waals surface area contributed by atoms with Gasteiger partial charge in [-0.2, -0.15) is 10.2 Å². The van der Waals surface area contributed by atoms with E-state index in [0.29, 0.717) is 11.8 Å². The molecule has 2 nitrogen and oxygen atoms in total. The summed E-state index contributed by atoms with van der Waals surface area (Å²) in [5, 5.41) is 8.93. The van der Waals surface area contributed by atoms with Crippen molar-refractivity contribution in [3.05, 3.63) is 59.7 Å². The monoisotopic (exact) mass is 266 g/mol. The highest BCUT2D eigenvalue weighted by atomic mass is 15.1. The van der Waals surface area contributed by atoms with E-state index >= 15 is 0 Å². The molecule has 0 aliphatic carbocycles. The van der Waals surface area contributed by atoms with Crippen LogP contribution < -0.4 is 0 Å². The second-order valence-electron chi connectivity index (χ2n) is 5.63. The minimum atomic E-state index is 0.450. The molecule has 0 radical (unpaired) electrons. The molecule has 0 aliphatic heterocycles. The summed E-state index contributed by atoms with van der Waals surface area (Å²) in [5.41, 5.74) is 4.39. The van der Waals surface area contributed by atoms with Gasteiger partial charge < -0.3 is 0 Å². The molecule has 0 heterocycles. The molecule has 0 saturated heterocycles. The molecule has 0 spiro atoms. The van der Waals surface area contributed by atoms with Gasteiger partial charge in [-0.15, -0.1) is 0 Å². The first-order valence-corrected chi connectivity index (χ1v) is 7.19. The molecule has 0 aromatic heterocycles. The van der Waals surface area contributed by atoms with Crippen molar-refractivity contribution >= 4 is 11.4 Å². The molecule has 0 atom stereocenters. The summed E-state index contributed by atoms with van der Waals surface area (Å²) in [6.45, 7) is 8.71. The van der Waals surface area contributed by atoms with Crippen LogP contribution in [0, 0.1) is 0 Å². The zero-order valence-corrected chi connectivity index (χ0v) is 12.7. The van der Waals surface area contributed by atoms with Crippen molar-refractivity contribution in [3.8, 4) is 0 Å². The first kappa shape index (κ1) is 14.4. The summed E-state index contributed by atoms with van der Waals surface area (Å²) in [7, 11) is 0. The Labute approximate surface area is 121 Å². The number of azo groups is 1. The van der Waals surface area contributed by atoms with E-state index in [1.165, 1.54) is 11.1 Å². The normalized spacial score (nSPS) is 11.7. The molecular formula is C18H22N2. The minimum Gasteiger partial charge on any atom is -0.150 e. The van der Waals surface area contributed by atoms with Crippen LogP contribution >= 0.6 is 0 Å². The van der Waals surface area contributed by atoms with E-state index in [1.807, 2.05) is 24.3 Å². The lowest BCUT2D eigenvalue weighted by molar-refractivity contribution is 0.857. The summed E-state index contributed by atoms with van der Waals surface area (Å²) in [5.74, 6) is 0.899. The standard InChI is InChI=1S/C18H22N2/c1-13(2)15-9-5-7-11-17(15)19-20-18-12-8-6-10-16(18)14(3)4/h5-14H,1-4H3. The average Bonchev–Trinajstić information content (AvgIpc) is 2.45. The fourth-order valence-corrected chi connectivity index (χ4v) is 2.24. The van der Waals surface area contributed by atoms with E-state index in [-0.39, 0.29) is 0 Å². The Morgan fingerprint density at radius 1 is 0.600 bits per heavy atom. The van der Waals surface area contributed by atoms with E-state index < -0.39 is 0 Å². The lowest BCUT2D eigenvalue weighted by Gasteiger charge is -2.09. The summed E-state index contributed by atoms with van der Waals surface area (Å²) >= 11 is 0. The predicted molar refractivity (Wildman–Crippen MR) is 85.2 cm³/mol. The van der Waals surface area contributed by atoms with Crippen molar-refractivity contribution in [2.45, 2.75) is 39.5 Å². The third-order valence-electron chi connectivity index (χ3n) is 3.38. The van der Waals surface area contributed by atoms with Crippen molar-refractivity contribution < 1.29 is 0 Å². The maximum atomic E-state index is 4.47. The van der Waals surface area contributed by atoms with Gasteiger partial charge in [0.2, 0.25) is 0 Å². The van der Waals surface area contributed by atoms with Gasteiger partial charge in [0, 0.05) is 0 Å². The van der Waals surface area contributed by atoms with Crippen LogP contribution in [0.1, 0.15) is 50.7 Å². The SMILES string of the molecule is CC(C)c1ccccc1N=Nc1ccccc1C(C)C. The third kappa shape index (κ3) is 3.32. The van der Waals surface area contributed by atoms with Gasteiger partial charge in [0.05, 0.1) is 11.4 Å². The van der Waals surface area contributed by atoms with Gasteiger partial charge in [-0.1, -0.05) is 64.1 Å². The lowest BCUT2D eigenvalue weighted by Crippen LogP contribution is -1.88. The molecule has 0 amide bonds. The van der Waals surface area contributed by atoms with Crippen molar-refractivity contribution in [3.63, 3.8) is 0 Å². The second kappa shape index (κ2) is 6.47. The average molecular weight is 266 g/mol. The molecule has 0 aliphatic rings. The number of rotatable bonds is 4. The maximum absolute atomic E-state index is 4.47. The highest BCUT2D eigenvalue weighted by Gasteiger charge is 2.07. The van der Waals surface area contributed by atoms with Gasteiger partial charge in [0.15, 0.2) is 0 Å². The molecule has 0 unspecified atom stereocenters. The fraction of sp³-hybridized carbons (Fsp3) is 0.333. The van der Waals surface area contributed by atoms with E-state index in [1.54, 1.807) is 0 Å². The Bertz CT molecular complexity index is 544. The van der Waals surface area contributed by atoms with Crippen molar-refractivity contribution in [2.24, 2.45) is 10.2 Å². The Balaban J connectivity index is 2.35. The van der Waals surface area contributed by atoms with Crippen LogP contribution in [0.2, 0.25) is 0 Å². The second-order valence-corrected chi connectivity index (χ2v) is 5.63. The van der Waals surface area contributed by atoms with Gasteiger partial charge in [-0.05, 0) is 35.1 Å². The van der Waals surface area contributed by atoms with Gasteiger partial charge in [-0.25, -0.2) is 0 Å². The highest BCUT2D eigenvalue weighted by molar-refractivity contribution is 5.50. The van der Waals surface area contributed by atoms with Gasteiger partial charge >= 0.3 is 0 Å². The molecule has 20 heavy (non-hydrogen) atoms. The highest BCUT2D eigenvalue weighted by Crippen LogP contribution is 2.31. The van der Waals surface area contributed by atoms with E-state index in [9.17, 15) is 0 Å². The van der Waals surface area contributed by atoms with Crippen molar-refractivity contribution in [1.29, 1.82) is 0 Å². The van der Waals surface area contributed by atoms with Crippen molar-refractivity contribution in [1.82, 2.24) is 0 Å². The van der Waals surface area contributed by atoms with Crippen LogP contribution in [0.25, 0.3) is 0 Å². The predicted octanol–water partition coefficient (Wildman–Crippen LogP) is 6.35. The number of nitrogens with zero attached hydrogens (tertiary/aromatic N) is 2. The molecule has 0 N–H and O–H groups in total. The van der Waals surface area contributed by atoms with Crippen LogP contribution in [-0.2, 0) is 0 Å². The first-order chi connectivity index (χ1) is 9.59. The molecule has 104 valence electrons. The molecule has 2 rings (SSSR count). The summed E-state index contributed by atoms with van der Waals surface area (Å²) in [6, 6.07) is 16.4. The Morgan fingerprint density at radius 3 is 1.30 bits per heavy atom. The van der Waals surface area contributed by atoms with Gasteiger partial charge in [0.1, 0.15) is 0 Å². The largest absolute Gasteiger partial charge is 0.150 e. The molecule has 0 bridgehead atoms. The number of hydrogen-bond acceptors (Lipinski definition) is 2. The molecule has 2 heteroatoms. The first-order valence-electron chi connectivity index (χ1n) is 7.19. The zero-order valence-electron chi connectivity index (χ0n) is 12.7. The number of hydrogen-bond donors (Lipinski definition) is 0. The maximum Gasteiger partial charge on any atom is 0.0891 e. The van der Waals surface area contributed by atoms with Gasteiger partial charge in [0.25, 0.3) is 0 Å². The smallest absolute Gasteiger partial charge is 0.0891 e.